The van der Waals surface area contributed by atoms with E-state index < -0.39 is 5.13 Å². The molecular formula is C6H6ClF. The van der Waals surface area contributed by atoms with Gasteiger partial charge in [0.1, 0.15) is 0 Å². The van der Waals surface area contributed by atoms with E-state index in [1.165, 1.54) is 0 Å². The molecule has 0 amide bonds. The first kappa shape index (κ1) is 4.80. The summed E-state index contributed by atoms with van der Waals surface area (Å²) in [5, 5.41) is -1.35. The van der Waals surface area contributed by atoms with E-state index in [0.29, 0.717) is 0 Å². The van der Waals surface area contributed by atoms with Crippen molar-refractivity contribution in [2.45, 2.75) is 11.5 Å². The van der Waals surface area contributed by atoms with Crippen LogP contribution in [0.1, 0.15) is 6.42 Å². The predicted octanol–water partition coefficient (Wildman–Crippen LogP) is 2.10. The van der Waals surface area contributed by atoms with E-state index in [1.807, 2.05) is 12.2 Å². The molecule has 2 heteroatoms. The minimum Gasteiger partial charge on any atom is -0.225 e. The summed E-state index contributed by atoms with van der Waals surface area (Å²) >= 11 is 5.39. The lowest BCUT2D eigenvalue weighted by Gasteiger charge is -1.93. The fourth-order valence-corrected chi connectivity index (χ4v) is 1.74. The largest absolute Gasteiger partial charge is 0.225 e. The molecule has 3 unspecified atom stereocenters. The number of alkyl halides is 2. The van der Waals surface area contributed by atoms with Crippen molar-refractivity contribution >= 4 is 11.6 Å². The van der Waals surface area contributed by atoms with Crippen LogP contribution >= 0.6 is 11.6 Å². The van der Waals surface area contributed by atoms with E-state index in [9.17, 15) is 4.39 Å². The highest BCUT2D eigenvalue weighted by atomic mass is 35.5. The Balaban J connectivity index is 2.24. The number of hydrogen-bond acceptors (Lipinski definition) is 0. The Labute approximate surface area is 52.3 Å². The normalized spacial score (nSPS) is 58.8. The summed E-state index contributed by atoms with van der Waals surface area (Å²) in [6.07, 6.45) is 4.71. The molecular weight excluding hydrogens is 127 g/mol. The lowest BCUT2D eigenvalue weighted by Crippen LogP contribution is -1.93. The number of rotatable bonds is 0. The van der Waals surface area contributed by atoms with Gasteiger partial charge in [-0.1, -0.05) is 23.8 Å². The average molecular weight is 133 g/mol. The maximum absolute atomic E-state index is 12.6. The van der Waals surface area contributed by atoms with Crippen LogP contribution in [0.15, 0.2) is 12.2 Å². The fraction of sp³-hybridized carbons (Fsp3) is 0.667. The first-order valence-electron chi connectivity index (χ1n) is 2.77. The van der Waals surface area contributed by atoms with Gasteiger partial charge in [-0.2, -0.15) is 0 Å². The summed E-state index contributed by atoms with van der Waals surface area (Å²) in [5.74, 6) is 0.160. The molecule has 0 nitrogen and oxygen atoms in total. The molecule has 0 aromatic carbocycles. The van der Waals surface area contributed by atoms with Crippen molar-refractivity contribution in [1.82, 2.24) is 0 Å². The van der Waals surface area contributed by atoms with Crippen LogP contribution in [0.4, 0.5) is 4.39 Å². The van der Waals surface area contributed by atoms with Crippen LogP contribution in [0, 0.1) is 11.8 Å². The Hall–Kier alpha value is -0.0400. The third-order valence-electron chi connectivity index (χ3n) is 2.00. The van der Waals surface area contributed by atoms with Gasteiger partial charge in [0.25, 0.3) is 0 Å². The third-order valence-corrected chi connectivity index (χ3v) is 2.53. The van der Waals surface area contributed by atoms with Crippen LogP contribution in [-0.2, 0) is 0 Å². The molecule has 8 heavy (non-hydrogen) atoms. The molecule has 0 radical (unpaired) electrons. The van der Waals surface area contributed by atoms with Gasteiger partial charge in [-0.3, -0.25) is 0 Å². The number of halogens is 2. The average Bonchev–Trinajstić information content (AvgIpc) is 2.22. The Bertz CT molecular complexity index is 151. The topological polar surface area (TPSA) is 0 Å². The predicted molar refractivity (Wildman–Crippen MR) is 30.4 cm³/mol. The van der Waals surface area contributed by atoms with Gasteiger partial charge in [-0.15, -0.1) is 0 Å². The highest BCUT2D eigenvalue weighted by molar-refractivity contribution is 6.25. The summed E-state index contributed by atoms with van der Waals surface area (Å²) in [6, 6.07) is 0. The molecule has 0 aliphatic heterocycles. The molecule has 0 saturated heterocycles. The van der Waals surface area contributed by atoms with E-state index in [0.717, 1.165) is 6.42 Å². The molecule has 0 aromatic rings. The lowest BCUT2D eigenvalue weighted by molar-refractivity contribution is 0.383. The lowest BCUT2D eigenvalue weighted by atomic mass is 10.3. The van der Waals surface area contributed by atoms with Gasteiger partial charge in [0.2, 0.25) is 0 Å². The van der Waals surface area contributed by atoms with Crippen molar-refractivity contribution < 1.29 is 4.39 Å². The summed E-state index contributed by atoms with van der Waals surface area (Å²) in [6.45, 7) is 0. The van der Waals surface area contributed by atoms with Crippen LogP contribution in [0.3, 0.4) is 0 Å². The van der Waals surface area contributed by atoms with Crippen molar-refractivity contribution in [3.05, 3.63) is 12.2 Å². The van der Waals surface area contributed by atoms with Crippen molar-refractivity contribution in [3.63, 3.8) is 0 Å². The van der Waals surface area contributed by atoms with E-state index in [2.05, 4.69) is 0 Å². The second kappa shape index (κ2) is 1.10. The smallest absolute Gasteiger partial charge is 0.194 e. The number of hydrogen-bond donors (Lipinski definition) is 0. The Kier molecular flexibility index (Phi) is 0.663. The highest BCUT2D eigenvalue weighted by Gasteiger charge is 2.65. The second-order valence-corrected chi connectivity index (χ2v) is 3.05. The summed E-state index contributed by atoms with van der Waals surface area (Å²) in [7, 11) is 0. The van der Waals surface area contributed by atoms with Gasteiger partial charge in [-0.25, -0.2) is 4.39 Å². The maximum atomic E-state index is 12.6. The fourth-order valence-electron chi connectivity index (χ4n) is 1.35. The second-order valence-electron chi connectivity index (χ2n) is 2.47. The standard InChI is InChI=1S/C6H6ClF/c7-6(8)4-2-1-3-5(4)6/h1-2,4-5H,3H2. The Morgan fingerprint density at radius 3 is 2.75 bits per heavy atom. The molecule has 44 valence electrons. The van der Waals surface area contributed by atoms with E-state index in [4.69, 9.17) is 11.6 Å². The Morgan fingerprint density at radius 1 is 1.75 bits per heavy atom. The monoisotopic (exact) mass is 132 g/mol. The van der Waals surface area contributed by atoms with Crippen LogP contribution < -0.4 is 0 Å². The molecule has 0 bridgehead atoms. The van der Waals surface area contributed by atoms with Gasteiger partial charge in [-0.05, 0) is 6.42 Å². The van der Waals surface area contributed by atoms with Crippen molar-refractivity contribution in [1.29, 1.82) is 0 Å². The molecule has 2 rings (SSSR count). The minimum atomic E-state index is -1.35. The van der Waals surface area contributed by atoms with E-state index >= 15 is 0 Å². The first-order chi connectivity index (χ1) is 3.73. The maximum Gasteiger partial charge on any atom is 0.194 e. The van der Waals surface area contributed by atoms with E-state index in [-0.39, 0.29) is 11.8 Å². The van der Waals surface area contributed by atoms with Crippen LogP contribution in [0.25, 0.3) is 0 Å². The zero-order chi connectivity index (χ0) is 5.78. The van der Waals surface area contributed by atoms with Crippen molar-refractivity contribution in [2.24, 2.45) is 11.8 Å². The Morgan fingerprint density at radius 2 is 2.50 bits per heavy atom. The van der Waals surface area contributed by atoms with Gasteiger partial charge >= 0.3 is 0 Å². The van der Waals surface area contributed by atoms with Crippen molar-refractivity contribution in [2.75, 3.05) is 0 Å². The van der Waals surface area contributed by atoms with Crippen LogP contribution in [0.5, 0.6) is 0 Å². The SMILES string of the molecule is FC1(Cl)C2C=CCC21. The summed E-state index contributed by atoms with van der Waals surface area (Å²) in [4.78, 5) is 0. The number of fused-ring (bicyclic) bond motifs is 1. The van der Waals surface area contributed by atoms with E-state index in [1.54, 1.807) is 0 Å². The quantitative estimate of drug-likeness (QED) is 0.350. The molecule has 3 atom stereocenters. The van der Waals surface area contributed by atoms with Gasteiger partial charge in [0.15, 0.2) is 5.13 Å². The summed E-state index contributed by atoms with van der Waals surface area (Å²) in [5.41, 5.74) is 0. The van der Waals surface area contributed by atoms with Crippen molar-refractivity contribution in [3.8, 4) is 0 Å². The highest BCUT2D eigenvalue weighted by Crippen LogP contribution is 2.62. The third kappa shape index (κ3) is 0.368. The molecule has 2 aliphatic rings. The zero-order valence-corrected chi connectivity index (χ0v) is 5.03. The molecule has 1 saturated carbocycles. The van der Waals surface area contributed by atoms with Gasteiger partial charge in [0, 0.05) is 11.8 Å². The minimum absolute atomic E-state index is 0.0455. The zero-order valence-electron chi connectivity index (χ0n) is 4.27. The summed E-state index contributed by atoms with van der Waals surface area (Å²) < 4.78 is 12.6. The molecule has 1 fully saturated rings. The molecule has 0 heterocycles. The molecule has 0 aromatic heterocycles. The first-order valence-corrected chi connectivity index (χ1v) is 3.15. The molecule has 0 N–H and O–H groups in total. The van der Waals surface area contributed by atoms with Gasteiger partial charge < -0.3 is 0 Å². The number of allylic oxidation sites excluding steroid dienone is 2. The molecule has 0 spiro atoms. The van der Waals surface area contributed by atoms with Gasteiger partial charge in [0.05, 0.1) is 0 Å². The molecule has 2 aliphatic carbocycles. The van der Waals surface area contributed by atoms with Crippen LogP contribution in [0.2, 0.25) is 0 Å². The van der Waals surface area contributed by atoms with Crippen LogP contribution in [-0.4, -0.2) is 5.13 Å².